The number of H-pyrrole nitrogens is 1. The highest BCUT2D eigenvalue weighted by molar-refractivity contribution is 5.55. The summed E-state index contributed by atoms with van der Waals surface area (Å²) in [5, 5.41) is 7.82. The molecule has 1 fully saturated rings. The zero-order chi connectivity index (χ0) is 17.8. The van der Waals surface area contributed by atoms with Crippen molar-refractivity contribution in [3.05, 3.63) is 58.9 Å². The minimum atomic E-state index is 0.275. The molecular formula is C22H28N2O2. The van der Waals surface area contributed by atoms with Gasteiger partial charge in [-0.05, 0) is 48.7 Å². The Hall–Kier alpha value is -1.91. The Kier molecular flexibility index (Phi) is 5.23. The van der Waals surface area contributed by atoms with Crippen LogP contribution in [0.3, 0.4) is 0 Å². The normalized spacial score (nSPS) is 19.4. The fraction of sp³-hybridized carbons (Fsp3) is 0.500. The SMILES string of the molecule is CC(COCc1ccccc1)Cc1[nH]nc2c1CC1(C=C2)CCOCC1. The first-order chi connectivity index (χ1) is 12.7. The Balaban J connectivity index is 1.34. The third kappa shape index (κ3) is 3.92. The van der Waals surface area contributed by atoms with Crippen LogP contribution in [0, 0.1) is 11.3 Å². The van der Waals surface area contributed by atoms with Crippen LogP contribution < -0.4 is 0 Å². The van der Waals surface area contributed by atoms with Crippen molar-refractivity contribution in [2.45, 2.75) is 39.2 Å². The second-order valence-electron chi connectivity index (χ2n) is 7.86. The molecule has 4 nitrogen and oxygen atoms in total. The monoisotopic (exact) mass is 352 g/mol. The number of ether oxygens (including phenoxy) is 2. The van der Waals surface area contributed by atoms with Crippen LogP contribution in [-0.2, 0) is 28.9 Å². The third-order valence-corrected chi connectivity index (χ3v) is 5.66. The van der Waals surface area contributed by atoms with E-state index in [-0.39, 0.29) is 5.41 Å². The van der Waals surface area contributed by atoms with E-state index < -0.39 is 0 Å². The van der Waals surface area contributed by atoms with Crippen molar-refractivity contribution in [3.63, 3.8) is 0 Å². The number of aromatic nitrogens is 2. The lowest BCUT2D eigenvalue weighted by Crippen LogP contribution is -2.31. The van der Waals surface area contributed by atoms with Crippen molar-refractivity contribution in [1.29, 1.82) is 0 Å². The molecular weight excluding hydrogens is 324 g/mol. The van der Waals surface area contributed by atoms with Crippen LogP contribution in [0.1, 0.15) is 42.3 Å². The zero-order valence-electron chi connectivity index (χ0n) is 15.5. The molecule has 1 aromatic carbocycles. The lowest BCUT2D eigenvalue weighted by atomic mass is 9.72. The van der Waals surface area contributed by atoms with Crippen LogP contribution in [0.25, 0.3) is 6.08 Å². The fourth-order valence-corrected chi connectivity index (χ4v) is 4.07. The summed E-state index contributed by atoms with van der Waals surface area (Å²) in [7, 11) is 0. The molecule has 1 spiro atoms. The summed E-state index contributed by atoms with van der Waals surface area (Å²) in [6.07, 6.45) is 8.88. The maximum Gasteiger partial charge on any atom is 0.0880 e. The number of benzene rings is 1. The number of allylic oxidation sites excluding steroid dienone is 1. The van der Waals surface area contributed by atoms with Gasteiger partial charge in [-0.1, -0.05) is 43.3 Å². The van der Waals surface area contributed by atoms with Crippen LogP contribution in [0.15, 0.2) is 36.4 Å². The summed E-state index contributed by atoms with van der Waals surface area (Å²) in [4.78, 5) is 0. The van der Waals surface area contributed by atoms with E-state index in [1.54, 1.807) is 0 Å². The molecule has 4 heteroatoms. The van der Waals surface area contributed by atoms with Gasteiger partial charge in [-0.2, -0.15) is 5.10 Å². The van der Waals surface area contributed by atoms with Crippen molar-refractivity contribution in [2.75, 3.05) is 19.8 Å². The van der Waals surface area contributed by atoms with Gasteiger partial charge in [-0.25, -0.2) is 0 Å². The van der Waals surface area contributed by atoms with Gasteiger partial charge in [0.05, 0.1) is 12.3 Å². The van der Waals surface area contributed by atoms with E-state index >= 15 is 0 Å². The lowest BCUT2D eigenvalue weighted by Gasteiger charge is -2.36. The molecule has 2 heterocycles. The maximum atomic E-state index is 5.92. The summed E-state index contributed by atoms with van der Waals surface area (Å²) in [5.41, 5.74) is 5.31. The Labute approximate surface area is 155 Å². The number of nitrogens with one attached hydrogen (secondary N) is 1. The standard InChI is InChI=1S/C22H28N2O2/c1-17(15-26-16-18-5-3-2-4-6-18)13-21-19-14-22(9-11-25-12-10-22)8-7-20(19)23-24-21/h2-8,17H,9-16H2,1H3,(H,23,24). The molecule has 1 saturated heterocycles. The van der Waals surface area contributed by atoms with Crippen molar-refractivity contribution in [3.8, 4) is 0 Å². The Morgan fingerprint density at radius 1 is 1.23 bits per heavy atom. The van der Waals surface area contributed by atoms with Gasteiger partial charge < -0.3 is 9.47 Å². The number of hydrogen-bond acceptors (Lipinski definition) is 3. The number of rotatable bonds is 6. The van der Waals surface area contributed by atoms with Crippen LogP contribution in [-0.4, -0.2) is 30.0 Å². The smallest absolute Gasteiger partial charge is 0.0880 e. The first-order valence-electron chi connectivity index (χ1n) is 9.69. The number of hydrogen-bond donors (Lipinski definition) is 1. The first kappa shape index (κ1) is 17.5. The second kappa shape index (κ2) is 7.77. The molecule has 0 radical (unpaired) electrons. The molecule has 2 aromatic rings. The van der Waals surface area contributed by atoms with E-state index in [0.29, 0.717) is 12.5 Å². The molecule has 0 amide bonds. The van der Waals surface area contributed by atoms with Crippen molar-refractivity contribution < 1.29 is 9.47 Å². The van der Waals surface area contributed by atoms with Crippen LogP contribution in [0.5, 0.6) is 0 Å². The van der Waals surface area contributed by atoms with Crippen LogP contribution in [0.2, 0.25) is 0 Å². The molecule has 1 unspecified atom stereocenters. The minimum Gasteiger partial charge on any atom is -0.381 e. The van der Waals surface area contributed by atoms with Gasteiger partial charge in [0, 0.05) is 31.1 Å². The van der Waals surface area contributed by atoms with Crippen LogP contribution >= 0.6 is 0 Å². The number of nitrogens with zero attached hydrogens (tertiary/aromatic N) is 1. The summed E-state index contributed by atoms with van der Waals surface area (Å²) in [6.45, 7) is 5.43. The minimum absolute atomic E-state index is 0.275. The van der Waals surface area contributed by atoms with Crippen molar-refractivity contribution in [1.82, 2.24) is 10.2 Å². The highest BCUT2D eigenvalue weighted by atomic mass is 16.5. The zero-order valence-corrected chi connectivity index (χ0v) is 15.5. The first-order valence-corrected chi connectivity index (χ1v) is 9.69. The van der Waals surface area contributed by atoms with Gasteiger partial charge in [0.1, 0.15) is 0 Å². The molecule has 2 aliphatic rings. The molecule has 1 aromatic heterocycles. The second-order valence-corrected chi connectivity index (χ2v) is 7.86. The fourth-order valence-electron chi connectivity index (χ4n) is 4.07. The van der Waals surface area contributed by atoms with E-state index in [2.05, 4.69) is 53.5 Å². The average molecular weight is 352 g/mol. The Morgan fingerprint density at radius 3 is 2.85 bits per heavy atom. The molecule has 4 rings (SSSR count). The van der Waals surface area contributed by atoms with E-state index in [1.807, 2.05) is 6.07 Å². The van der Waals surface area contributed by atoms with Crippen molar-refractivity contribution in [2.24, 2.45) is 11.3 Å². The number of fused-ring (bicyclic) bond motifs is 1. The Bertz CT molecular complexity index is 745. The largest absolute Gasteiger partial charge is 0.381 e. The van der Waals surface area contributed by atoms with E-state index in [4.69, 9.17) is 9.47 Å². The number of aromatic amines is 1. The van der Waals surface area contributed by atoms with Gasteiger partial charge in [-0.15, -0.1) is 0 Å². The van der Waals surface area contributed by atoms with Gasteiger partial charge in [0.15, 0.2) is 0 Å². The molecule has 1 aliphatic carbocycles. The topological polar surface area (TPSA) is 47.1 Å². The average Bonchev–Trinajstić information content (AvgIpc) is 3.05. The van der Waals surface area contributed by atoms with Gasteiger partial charge in [0.25, 0.3) is 0 Å². The molecule has 1 N–H and O–H groups in total. The third-order valence-electron chi connectivity index (χ3n) is 5.66. The predicted molar refractivity (Wildman–Crippen MR) is 103 cm³/mol. The molecule has 1 atom stereocenters. The van der Waals surface area contributed by atoms with Gasteiger partial charge in [0.2, 0.25) is 0 Å². The quantitative estimate of drug-likeness (QED) is 0.849. The van der Waals surface area contributed by atoms with Gasteiger partial charge >= 0.3 is 0 Å². The molecule has 138 valence electrons. The molecule has 26 heavy (non-hydrogen) atoms. The highest BCUT2D eigenvalue weighted by Crippen LogP contribution is 2.41. The molecule has 0 bridgehead atoms. The Morgan fingerprint density at radius 2 is 2.04 bits per heavy atom. The summed E-state index contributed by atoms with van der Waals surface area (Å²) >= 11 is 0. The van der Waals surface area contributed by atoms with E-state index in [0.717, 1.165) is 51.2 Å². The predicted octanol–water partition coefficient (Wildman–Crippen LogP) is 4.17. The van der Waals surface area contributed by atoms with Gasteiger partial charge in [-0.3, -0.25) is 5.10 Å². The van der Waals surface area contributed by atoms with E-state index in [9.17, 15) is 0 Å². The molecule has 1 aliphatic heterocycles. The maximum absolute atomic E-state index is 5.92. The van der Waals surface area contributed by atoms with E-state index in [1.165, 1.54) is 16.8 Å². The molecule has 0 saturated carbocycles. The summed E-state index contributed by atoms with van der Waals surface area (Å²) in [6, 6.07) is 10.4. The van der Waals surface area contributed by atoms with Crippen molar-refractivity contribution >= 4 is 6.08 Å². The van der Waals surface area contributed by atoms with Crippen LogP contribution in [0.4, 0.5) is 0 Å². The highest BCUT2D eigenvalue weighted by Gasteiger charge is 2.35. The summed E-state index contributed by atoms with van der Waals surface area (Å²) in [5.74, 6) is 0.458. The summed E-state index contributed by atoms with van der Waals surface area (Å²) < 4.78 is 11.5. The lowest BCUT2D eigenvalue weighted by molar-refractivity contribution is 0.0371.